The Morgan fingerprint density at radius 1 is 1.32 bits per heavy atom. The van der Waals surface area contributed by atoms with E-state index in [2.05, 4.69) is 20.7 Å². The Morgan fingerprint density at radius 2 is 1.89 bits per heavy atom. The molecule has 0 spiro atoms. The zero-order chi connectivity index (χ0) is 14.4. The molecule has 8 heteroatoms. The van der Waals surface area contributed by atoms with Crippen molar-refractivity contribution in [2.24, 2.45) is 0 Å². The number of carbonyl (C=O) groups excluding carboxylic acids is 1. The normalized spacial score (nSPS) is 10.8. The fraction of sp³-hybridized carbons (Fsp3) is 0.364. The van der Waals surface area contributed by atoms with Crippen molar-refractivity contribution >= 4 is 27.5 Å². The summed E-state index contributed by atoms with van der Waals surface area (Å²) in [6, 6.07) is 1.98. The number of carbonyl (C=O) groups is 1. The minimum atomic E-state index is -2.62. The van der Waals surface area contributed by atoms with E-state index in [9.17, 15) is 22.4 Å². The van der Waals surface area contributed by atoms with E-state index in [1.807, 2.05) is 5.32 Å². The SMILES string of the molecule is O=C(CCOCC(F)F)Nc1c(F)cc(Br)cc1F. The van der Waals surface area contributed by atoms with Gasteiger partial charge in [-0.05, 0) is 12.1 Å². The Balaban J connectivity index is 2.49. The minimum absolute atomic E-state index is 0.195. The molecule has 0 aliphatic carbocycles. The molecule has 0 radical (unpaired) electrons. The summed E-state index contributed by atoms with van der Waals surface area (Å²) in [5, 5.41) is 2.02. The number of hydrogen-bond donors (Lipinski definition) is 1. The number of ether oxygens (including phenoxy) is 1. The monoisotopic (exact) mass is 343 g/mol. The fourth-order valence-corrected chi connectivity index (χ4v) is 1.60. The first-order chi connectivity index (χ1) is 8.90. The molecule has 1 N–H and O–H groups in total. The second kappa shape index (κ2) is 7.44. The van der Waals surface area contributed by atoms with Gasteiger partial charge in [-0.2, -0.15) is 0 Å². The maximum atomic E-state index is 13.4. The lowest BCUT2D eigenvalue weighted by atomic mass is 10.2. The largest absolute Gasteiger partial charge is 0.375 e. The van der Waals surface area contributed by atoms with Gasteiger partial charge in [-0.15, -0.1) is 0 Å². The van der Waals surface area contributed by atoms with Crippen LogP contribution in [-0.4, -0.2) is 25.5 Å². The second-order valence-electron chi connectivity index (χ2n) is 3.51. The van der Waals surface area contributed by atoms with E-state index in [0.717, 1.165) is 12.1 Å². The van der Waals surface area contributed by atoms with Gasteiger partial charge >= 0.3 is 0 Å². The zero-order valence-electron chi connectivity index (χ0n) is 9.56. The van der Waals surface area contributed by atoms with E-state index in [1.54, 1.807) is 0 Å². The van der Waals surface area contributed by atoms with E-state index < -0.39 is 36.3 Å². The molecule has 0 atom stereocenters. The maximum Gasteiger partial charge on any atom is 0.261 e. The van der Waals surface area contributed by atoms with Crippen LogP contribution in [0.25, 0.3) is 0 Å². The van der Waals surface area contributed by atoms with Crippen LogP contribution in [0, 0.1) is 11.6 Å². The van der Waals surface area contributed by atoms with Crippen molar-refractivity contribution in [2.75, 3.05) is 18.5 Å². The van der Waals surface area contributed by atoms with Gasteiger partial charge in [0.05, 0.1) is 13.0 Å². The lowest BCUT2D eigenvalue weighted by molar-refractivity contribution is -0.117. The van der Waals surface area contributed by atoms with Gasteiger partial charge in [0.25, 0.3) is 6.43 Å². The van der Waals surface area contributed by atoms with Crippen molar-refractivity contribution < 1.29 is 27.1 Å². The van der Waals surface area contributed by atoms with Crippen molar-refractivity contribution in [3.8, 4) is 0 Å². The summed E-state index contributed by atoms with van der Waals surface area (Å²) in [6.07, 6.45) is -2.90. The lowest BCUT2D eigenvalue weighted by Gasteiger charge is -2.08. The molecule has 0 heterocycles. The topological polar surface area (TPSA) is 38.3 Å². The van der Waals surface area contributed by atoms with E-state index in [-0.39, 0.29) is 17.5 Å². The molecule has 1 aromatic rings. The highest BCUT2D eigenvalue weighted by Gasteiger charge is 2.13. The molecule has 0 aliphatic heterocycles. The molecule has 1 amide bonds. The molecule has 0 fully saturated rings. The van der Waals surface area contributed by atoms with Crippen LogP contribution in [0.1, 0.15) is 6.42 Å². The predicted molar refractivity (Wildman–Crippen MR) is 64.1 cm³/mol. The van der Waals surface area contributed by atoms with Crippen molar-refractivity contribution in [1.82, 2.24) is 0 Å². The first kappa shape index (κ1) is 15.9. The number of anilines is 1. The van der Waals surface area contributed by atoms with E-state index in [0.29, 0.717) is 0 Å². The first-order valence-electron chi connectivity index (χ1n) is 5.20. The summed E-state index contributed by atoms with van der Waals surface area (Å²) in [5.41, 5.74) is -0.581. The van der Waals surface area contributed by atoms with Crippen LogP contribution in [0.3, 0.4) is 0 Å². The van der Waals surface area contributed by atoms with Crippen LogP contribution in [-0.2, 0) is 9.53 Å². The standard InChI is InChI=1S/C11H10BrF4NO2/c12-6-3-7(13)11(8(14)4-6)17-10(18)1-2-19-5-9(15)16/h3-4,9H,1-2,5H2,(H,17,18). The number of halogens is 5. The van der Waals surface area contributed by atoms with Gasteiger partial charge in [0.1, 0.15) is 12.3 Å². The number of amides is 1. The first-order valence-corrected chi connectivity index (χ1v) is 5.99. The van der Waals surface area contributed by atoms with E-state index >= 15 is 0 Å². The number of hydrogen-bond acceptors (Lipinski definition) is 2. The van der Waals surface area contributed by atoms with Crippen molar-refractivity contribution in [3.63, 3.8) is 0 Å². The molecule has 0 saturated carbocycles. The quantitative estimate of drug-likeness (QED) is 0.635. The predicted octanol–water partition coefficient (Wildman–Crippen LogP) is 3.34. The van der Waals surface area contributed by atoms with E-state index in [4.69, 9.17) is 0 Å². The van der Waals surface area contributed by atoms with Crippen molar-refractivity contribution in [1.29, 1.82) is 0 Å². The van der Waals surface area contributed by atoms with Gasteiger partial charge in [0, 0.05) is 4.47 Å². The Bertz CT molecular complexity index is 433. The number of alkyl halides is 2. The molecule has 0 aromatic heterocycles. The molecule has 0 unspecified atom stereocenters. The zero-order valence-corrected chi connectivity index (χ0v) is 11.1. The Morgan fingerprint density at radius 3 is 2.42 bits per heavy atom. The van der Waals surface area contributed by atoms with Gasteiger partial charge in [-0.1, -0.05) is 15.9 Å². The Hall–Kier alpha value is -1.15. The van der Waals surface area contributed by atoms with Crippen molar-refractivity contribution in [3.05, 3.63) is 28.2 Å². The van der Waals surface area contributed by atoms with Crippen LogP contribution < -0.4 is 5.32 Å². The minimum Gasteiger partial charge on any atom is -0.375 e. The number of rotatable bonds is 6. The molecule has 106 valence electrons. The summed E-state index contributed by atoms with van der Waals surface area (Å²) in [7, 11) is 0. The molecular formula is C11H10BrF4NO2. The average molecular weight is 344 g/mol. The van der Waals surface area contributed by atoms with Gasteiger partial charge < -0.3 is 10.1 Å². The van der Waals surface area contributed by atoms with Crippen LogP contribution in [0.5, 0.6) is 0 Å². The summed E-state index contributed by atoms with van der Waals surface area (Å²) in [5.74, 6) is -2.60. The average Bonchev–Trinajstić information content (AvgIpc) is 2.29. The van der Waals surface area contributed by atoms with Gasteiger partial charge in [-0.3, -0.25) is 4.79 Å². The summed E-state index contributed by atoms with van der Waals surface area (Å²) >= 11 is 2.89. The maximum absolute atomic E-state index is 13.4. The van der Waals surface area contributed by atoms with Crippen LogP contribution in [0.4, 0.5) is 23.2 Å². The van der Waals surface area contributed by atoms with Crippen molar-refractivity contribution in [2.45, 2.75) is 12.8 Å². The lowest BCUT2D eigenvalue weighted by Crippen LogP contribution is -2.17. The second-order valence-corrected chi connectivity index (χ2v) is 4.42. The third-order valence-corrected chi connectivity index (χ3v) is 2.45. The molecule has 0 aliphatic rings. The number of benzene rings is 1. The van der Waals surface area contributed by atoms with Crippen LogP contribution in [0.2, 0.25) is 0 Å². The third-order valence-electron chi connectivity index (χ3n) is 1.99. The molecule has 19 heavy (non-hydrogen) atoms. The molecule has 0 saturated heterocycles. The third kappa shape index (κ3) is 5.56. The summed E-state index contributed by atoms with van der Waals surface area (Å²) < 4.78 is 54.8. The molecule has 0 bridgehead atoms. The summed E-state index contributed by atoms with van der Waals surface area (Å²) in [6.45, 7) is -1.04. The highest BCUT2D eigenvalue weighted by molar-refractivity contribution is 9.10. The number of nitrogens with one attached hydrogen (secondary N) is 1. The smallest absolute Gasteiger partial charge is 0.261 e. The molecular weight excluding hydrogens is 334 g/mol. The van der Waals surface area contributed by atoms with Gasteiger partial charge in [-0.25, -0.2) is 17.6 Å². The van der Waals surface area contributed by atoms with Gasteiger partial charge in [0.2, 0.25) is 5.91 Å². The van der Waals surface area contributed by atoms with Crippen LogP contribution in [0.15, 0.2) is 16.6 Å². The molecule has 1 aromatic carbocycles. The van der Waals surface area contributed by atoms with Gasteiger partial charge in [0.15, 0.2) is 11.6 Å². The highest BCUT2D eigenvalue weighted by atomic mass is 79.9. The summed E-state index contributed by atoms with van der Waals surface area (Å²) in [4.78, 5) is 11.3. The fourth-order valence-electron chi connectivity index (χ4n) is 1.20. The van der Waals surface area contributed by atoms with E-state index in [1.165, 1.54) is 0 Å². The Kier molecular flexibility index (Phi) is 6.23. The Labute approximate surface area is 115 Å². The van der Waals surface area contributed by atoms with Crippen LogP contribution >= 0.6 is 15.9 Å². The molecule has 1 rings (SSSR count). The highest BCUT2D eigenvalue weighted by Crippen LogP contribution is 2.23. The molecule has 3 nitrogen and oxygen atoms in total.